The lowest BCUT2D eigenvalue weighted by molar-refractivity contribution is 0.369. The summed E-state index contributed by atoms with van der Waals surface area (Å²) >= 11 is 0. The summed E-state index contributed by atoms with van der Waals surface area (Å²) < 4.78 is 5.67. The molecular formula is C15H20N4O. The Bertz CT molecular complexity index is 520. The van der Waals surface area contributed by atoms with Gasteiger partial charge in [0.05, 0.1) is 0 Å². The third-order valence-corrected chi connectivity index (χ3v) is 3.77. The SMILES string of the molecule is c1cc(-c2nnc(CCNC3CCCCC3)o2)ccn1. The second-order valence-corrected chi connectivity index (χ2v) is 5.28. The third kappa shape index (κ3) is 3.42. The van der Waals surface area contributed by atoms with E-state index in [-0.39, 0.29) is 0 Å². The van der Waals surface area contributed by atoms with Crippen molar-refractivity contribution in [1.29, 1.82) is 0 Å². The van der Waals surface area contributed by atoms with Crippen LogP contribution in [0, 0.1) is 0 Å². The Kier molecular flexibility index (Phi) is 4.38. The predicted octanol–water partition coefficient (Wildman–Crippen LogP) is 2.60. The maximum Gasteiger partial charge on any atom is 0.247 e. The van der Waals surface area contributed by atoms with E-state index in [1.807, 2.05) is 12.1 Å². The van der Waals surface area contributed by atoms with Crippen molar-refractivity contribution in [2.45, 2.75) is 44.6 Å². The minimum Gasteiger partial charge on any atom is -0.421 e. The summed E-state index contributed by atoms with van der Waals surface area (Å²) in [6.07, 6.45) is 10.9. The summed E-state index contributed by atoms with van der Waals surface area (Å²) in [5.41, 5.74) is 0.916. The first-order valence-corrected chi connectivity index (χ1v) is 7.38. The number of rotatable bonds is 5. The number of nitrogens with zero attached hydrogens (tertiary/aromatic N) is 3. The molecule has 5 heteroatoms. The van der Waals surface area contributed by atoms with Gasteiger partial charge in [-0.05, 0) is 25.0 Å². The molecule has 0 spiro atoms. The zero-order valence-electron chi connectivity index (χ0n) is 11.6. The lowest BCUT2D eigenvalue weighted by Gasteiger charge is -2.22. The smallest absolute Gasteiger partial charge is 0.247 e. The standard InChI is InChI=1S/C15H20N4O/c1-2-4-13(5-3-1)17-11-8-14-18-19-15(20-14)12-6-9-16-10-7-12/h6-7,9-10,13,17H,1-5,8,11H2. The van der Waals surface area contributed by atoms with Crippen LogP contribution in [0.4, 0.5) is 0 Å². The van der Waals surface area contributed by atoms with Crippen molar-refractivity contribution in [3.05, 3.63) is 30.4 Å². The lowest BCUT2D eigenvalue weighted by atomic mass is 9.95. The molecule has 5 nitrogen and oxygen atoms in total. The summed E-state index contributed by atoms with van der Waals surface area (Å²) in [6, 6.07) is 4.42. The van der Waals surface area contributed by atoms with Crippen molar-refractivity contribution >= 4 is 0 Å². The highest BCUT2D eigenvalue weighted by atomic mass is 16.4. The molecule has 2 aromatic rings. The molecule has 1 aliphatic rings. The number of aromatic nitrogens is 3. The molecule has 3 rings (SSSR count). The minimum atomic E-state index is 0.570. The van der Waals surface area contributed by atoms with E-state index in [9.17, 15) is 0 Å². The third-order valence-electron chi connectivity index (χ3n) is 3.77. The Labute approximate surface area is 118 Å². The molecule has 0 aromatic carbocycles. The van der Waals surface area contributed by atoms with Crippen molar-refractivity contribution in [3.8, 4) is 11.5 Å². The van der Waals surface area contributed by atoms with Crippen LogP contribution in [0.15, 0.2) is 28.9 Å². The zero-order chi connectivity index (χ0) is 13.6. The van der Waals surface area contributed by atoms with Gasteiger partial charge in [0.1, 0.15) is 0 Å². The van der Waals surface area contributed by atoms with Gasteiger partial charge in [0.15, 0.2) is 0 Å². The van der Waals surface area contributed by atoms with E-state index in [4.69, 9.17) is 4.42 Å². The van der Waals surface area contributed by atoms with Crippen LogP contribution in [0.5, 0.6) is 0 Å². The van der Waals surface area contributed by atoms with Crippen molar-refractivity contribution in [2.75, 3.05) is 6.54 Å². The fourth-order valence-electron chi connectivity index (χ4n) is 2.66. The summed E-state index contributed by atoms with van der Waals surface area (Å²) in [4.78, 5) is 3.98. The molecule has 0 unspecified atom stereocenters. The fourth-order valence-corrected chi connectivity index (χ4v) is 2.66. The van der Waals surface area contributed by atoms with Gasteiger partial charge in [-0.3, -0.25) is 4.98 Å². The molecule has 0 radical (unpaired) electrons. The quantitative estimate of drug-likeness (QED) is 0.906. The average molecular weight is 272 g/mol. The van der Waals surface area contributed by atoms with Gasteiger partial charge in [-0.25, -0.2) is 0 Å². The molecule has 1 fully saturated rings. The van der Waals surface area contributed by atoms with Gasteiger partial charge in [0.2, 0.25) is 11.8 Å². The lowest BCUT2D eigenvalue weighted by Crippen LogP contribution is -2.32. The molecule has 20 heavy (non-hydrogen) atoms. The Hall–Kier alpha value is -1.75. The predicted molar refractivity (Wildman–Crippen MR) is 76.1 cm³/mol. The first-order valence-electron chi connectivity index (χ1n) is 7.38. The van der Waals surface area contributed by atoms with E-state index in [2.05, 4.69) is 20.5 Å². The Balaban J connectivity index is 1.50. The molecule has 0 bridgehead atoms. The molecule has 106 valence electrons. The molecule has 1 aliphatic carbocycles. The molecule has 2 heterocycles. The first kappa shape index (κ1) is 13.2. The number of hydrogen-bond acceptors (Lipinski definition) is 5. The number of nitrogens with one attached hydrogen (secondary N) is 1. The first-order chi connectivity index (χ1) is 9.92. The average Bonchev–Trinajstić information content (AvgIpc) is 2.98. The minimum absolute atomic E-state index is 0.570. The van der Waals surface area contributed by atoms with E-state index in [0.717, 1.165) is 18.5 Å². The van der Waals surface area contributed by atoms with E-state index < -0.39 is 0 Å². The largest absolute Gasteiger partial charge is 0.421 e. The highest BCUT2D eigenvalue weighted by Gasteiger charge is 2.13. The highest BCUT2D eigenvalue weighted by molar-refractivity contribution is 5.50. The molecular weight excluding hydrogens is 252 g/mol. The van der Waals surface area contributed by atoms with E-state index in [0.29, 0.717) is 17.8 Å². The van der Waals surface area contributed by atoms with Crippen molar-refractivity contribution in [1.82, 2.24) is 20.5 Å². The second kappa shape index (κ2) is 6.61. The molecule has 1 N–H and O–H groups in total. The topological polar surface area (TPSA) is 63.8 Å². The van der Waals surface area contributed by atoms with Gasteiger partial charge >= 0.3 is 0 Å². The molecule has 0 saturated heterocycles. The van der Waals surface area contributed by atoms with Gasteiger partial charge in [-0.1, -0.05) is 19.3 Å². The highest BCUT2D eigenvalue weighted by Crippen LogP contribution is 2.18. The maximum atomic E-state index is 5.67. The van der Waals surface area contributed by atoms with Crippen molar-refractivity contribution in [3.63, 3.8) is 0 Å². The summed E-state index contributed by atoms with van der Waals surface area (Å²) in [5, 5.41) is 11.8. The van der Waals surface area contributed by atoms with E-state index >= 15 is 0 Å². The van der Waals surface area contributed by atoms with Gasteiger partial charge in [-0.15, -0.1) is 10.2 Å². The summed E-state index contributed by atoms with van der Waals surface area (Å²) in [5.74, 6) is 1.26. The van der Waals surface area contributed by atoms with Crippen LogP contribution in [0.1, 0.15) is 38.0 Å². The van der Waals surface area contributed by atoms with Crippen LogP contribution in [0.3, 0.4) is 0 Å². The summed E-state index contributed by atoms with van der Waals surface area (Å²) in [6.45, 7) is 0.905. The molecule has 1 saturated carbocycles. The number of pyridine rings is 1. The normalized spacial score (nSPS) is 16.4. The van der Waals surface area contributed by atoms with E-state index in [1.165, 1.54) is 32.1 Å². The molecule has 0 aliphatic heterocycles. The monoisotopic (exact) mass is 272 g/mol. The maximum absolute atomic E-state index is 5.67. The number of hydrogen-bond donors (Lipinski definition) is 1. The van der Waals surface area contributed by atoms with Crippen molar-refractivity contribution in [2.24, 2.45) is 0 Å². The molecule has 2 aromatic heterocycles. The van der Waals surface area contributed by atoms with Crippen LogP contribution >= 0.6 is 0 Å². The Morgan fingerprint density at radius 2 is 1.90 bits per heavy atom. The summed E-state index contributed by atoms with van der Waals surface area (Å²) in [7, 11) is 0. The Morgan fingerprint density at radius 1 is 1.10 bits per heavy atom. The Morgan fingerprint density at radius 3 is 2.70 bits per heavy atom. The second-order valence-electron chi connectivity index (χ2n) is 5.28. The van der Waals surface area contributed by atoms with Gasteiger partial charge in [-0.2, -0.15) is 0 Å². The van der Waals surface area contributed by atoms with Gasteiger partial charge < -0.3 is 9.73 Å². The van der Waals surface area contributed by atoms with Crippen molar-refractivity contribution < 1.29 is 4.42 Å². The fraction of sp³-hybridized carbons (Fsp3) is 0.533. The van der Waals surface area contributed by atoms with Gasteiger partial charge in [0, 0.05) is 37.0 Å². The van der Waals surface area contributed by atoms with Crippen LogP contribution in [0.2, 0.25) is 0 Å². The molecule has 0 amide bonds. The molecule has 0 atom stereocenters. The van der Waals surface area contributed by atoms with Gasteiger partial charge in [0.25, 0.3) is 0 Å². The van der Waals surface area contributed by atoms with Crippen LogP contribution in [0.25, 0.3) is 11.5 Å². The van der Waals surface area contributed by atoms with E-state index in [1.54, 1.807) is 12.4 Å². The van der Waals surface area contributed by atoms with Crippen LogP contribution < -0.4 is 5.32 Å². The zero-order valence-corrected chi connectivity index (χ0v) is 11.6. The van der Waals surface area contributed by atoms with Crippen LogP contribution in [-0.2, 0) is 6.42 Å². The van der Waals surface area contributed by atoms with Crippen LogP contribution in [-0.4, -0.2) is 27.8 Å².